The molecule has 0 saturated carbocycles. The van der Waals surface area contributed by atoms with Gasteiger partial charge in [-0.05, 0) is 31.5 Å². The van der Waals surface area contributed by atoms with Crippen molar-refractivity contribution in [1.82, 2.24) is 9.97 Å². The van der Waals surface area contributed by atoms with Crippen LogP contribution in [0.2, 0.25) is 0 Å². The standard InChI is InChI=1S/C14H15FN4O/c1-3-17-13-12(15)11(4-5-18-13)14(20)19-10-6-9(2)7-16-8-10/h4-8H,3H2,1-2H3,(H,17,18)(H,19,20). The number of carbonyl (C=O) groups excluding carboxylic acids is 1. The Morgan fingerprint density at radius 2 is 2.20 bits per heavy atom. The maximum Gasteiger partial charge on any atom is 0.258 e. The second-order valence-electron chi connectivity index (χ2n) is 4.26. The van der Waals surface area contributed by atoms with Gasteiger partial charge < -0.3 is 10.6 Å². The van der Waals surface area contributed by atoms with Crippen molar-refractivity contribution in [2.45, 2.75) is 13.8 Å². The van der Waals surface area contributed by atoms with Gasteiger partial charge in [0.25, 0.3) is 5.91 Å². The maximum absolute atomic E-state index is 14.1. The number of rotatable bonds is 4. The van der Waals surface area contributed by atoms with Crippen molar-refractivity contribution in [3.8, 4) is 0 Å². The number of pyridine rings is 2. The highest BCUT2D eigenvalue weighted by molar-refractivity contribution is 6.04. The van der Waals surface area contributed by atoms with Gasteiger partial charge in [-0.25, -0.2) is 9.37 Å². The molecule has 2 N–H and O–H groups in total. The number of hydrogen-bond donors (Lipinski definition) is 2. The van der Waals surface area contributed by atoms with E-state index in [4.69, 9.17) is 0 Å². The van der Waals surface area contributed by atoms with Crippen LogP contribution in [0.25, 0.3) is 0 Å². The Kier molecular flexibility index (Phi) is 4.24. The molecular weight excluding hydrogens is 259 g/mol. The van der Waals surface area contributed by atoms with Gasteiger partial charge in [0.05, 0.1) is 17.4 Å². The molecule has 2 aromatic rings. The van der Waals surface area contributed by atoms with Crippen LogP contribution in [0, 0.1) is 12.7 Å². The Balaban J connectivity index is 2.23. The third-order valence-corrected chi connectivity index (χ3v) is 2.61. The Hall–Kier alpha value is -2.50. The molecule has 0 aliphatic carbocycles. The van der Waals surface area contributed by atoms with Gasteiger partial charge in [0, 0.05) is 18.9 Å². The smallest absolute Gasteiger partial charge is 0.258 e. The highest BCUT2D eigenvalue weighted by atomic mass is 19.1. The first-order chi connectivity index (χ1) is 9.61. The zero-order valence-electron chi connectivity index (χ0n) is 11.3. The van der Waals surface area contributed by atoms with Crippen molar-refractivity contribution in [2.75, 3.05) is 17.2 Å². The highest BCUT2D eigenvalue weighted by Crippen LogP contribution is 2.17. The number of hydrogen-bond acceptors (Lipinski definition) is 4. The predicted molar refractivity (Wildman–Crippen MR) is 75.3 cm³/mol. The van der Waals surface area contributed by atoms with Gasteiger partial charge >= 0.3 is 0 Å². The first-order valence-electron chi connectivity index (χ1n) is 6.23. The molecule has 5 nitrogen and oxygen atoms in total. The van der Waals surface area contributed by atoms with Gasteiger partial charge in [0.15, 0.2) is 11.6 Å². The molecule has 0 aliphatic heterocycles. The van der Waals surface area contributed by atoms with E-state index < -0.39 is 11.7 Å². The summed E-state index contributed by atoms with van der Waals surface area (Å²) in [5.41, 5.74) is 1.38. The number of aromatic nitrogens is 2. The molecule has 0 unspecified atom stereocenters. The largest absolute Gasteiger partial charge is 0.368 e. The molecule has 104 valence electrons. The van der Waals surface area contributed by atoms with Crippen LogP contribution in [0.15, 0.2) is 30.7 Å². The Morgan fingerprint density at radius 1 is 1.40 bits per heavy atom. The molecule has 2 heterocycles. The lowest BCUT2D eigenvalue weighted by atomic mass is 10.2. The molecule has 0 fully saturated rings. The summed E-state index contributed by atoms with van der Waals surface area (Å²) in [6.07, 6.45) is 4.58. The summed E-state index contributed by atoms with van der Waals surface area (Å²) >= 11 is 0. The number of halogens is 1. The zero-order chi connectivity index (χ0) is 14.5. The van der Waals surface area contributed by atoms with Crippen molar-refractivity contribution in [1.29, 1.82) is 0 Å². The molecule has 0 aromatic carbocycles. The van der Waals surface area contributed by atoms with Gasteiger partial charge in [-0.15, -0.1) is 0 Å². The number of anilines is 2. The molecule has 6 heteroatoms. The van der Waals surface area contributed by atoms with Crippen LogP contribution in [0.5, 0.6) is 0 Å². The van der Waals surface area contributed by atoms with E-state index in [1.54, 1.807) is 12.3 Å². The summed E-state index contributed by atoms with van der Waals surface area (Å²) in [5.74, 6) is -1.12. The second-order valence-corrected chi connectivity index (χ2v) is 4.26. The van der Waals surface area contributed by atoms with E-state index in [0.29, 0.717) is 12.2 Å². The normalized spacial score (nSPS) is 10.2. The summed E-state index contributed by atoms with van der Waals surface area (Å²) in [7, 11) is 0. The monoisotopic (exact) mass is 274 g/mol. The molecule has 2 aromatic heterocycles. The van der Waals surface area contributed by atoms with Crippen LogP contribution in [0.4, 0.5) is 15.9 Å². The van der Waals surface area contributed by atoms with Crippen LogP contribution in [0.1, 0.15) is 22.8 Å². The number of aryl methyl sites for hydroxylation is 1. The van der Waals surface area contributed by atoms with E-state index in [1.807, 2.05) is 13.8 Å². The van der Waals surface area contributed by atoms with E-state index in [9.17, 15) is 9.18 Å². The minimum atomic E-state index is -0.660. The topological polar surface area (TPSA) is 66.9 Å². The first kappa shape index (κ1) is 13.9. The van der Waals surface area contributed by atoms with E-state index in [2.05, 4.69) is 20.6 Å². The van der Waals surface area contributed by atoms with Crippen LogP contribution < -0.4 is 10.6 Å². The van der Waals surface area contributed by atoms with Crippen LogP contribution in [-0.2, 0) is 0 Å². The average molecular weight is 274 g/mol. The number of nitrogens with one attached hydrogen (secondary N) is 2. The Bertz CT molecular complexity index is 630. The molecule has 0 radical (unpaired) electrons. The molecule has 0 atom stereocenters. The van der Waals surface area contributed by atoms with Crippen molar-refractivity contribution in [3.63, 3.8) is 0 Å². The molecule has 0 aliphatic rings. The fourth-order valence-corrected chi connectivity index (χ4v) is 1.73. The summed E-state index contributed by atoms with van der Waals surface area (Å²) in [5, 5.41) is 5.38. The minimum absolute atomic E-state index is 0.0579. The fourth-order valence-electron chi connectivity index (χ4n) is 1.73. The SMILES string of the molecule is CCNc1nccc(C(=O)Nc2cncc(C)c2)c1F. The quantitative estimate of drug-likeness (QED) is 0.899. The molecule has 0 spiro atoms. The fraction of sp³-hybridized carbons (Fsp3) is 0.214. The zero-order valence-corrected chi connectivity index (χ0v) is 11.3. The molecule has 1 amide bonds. The van der Waals surface area contributed by atoms with Crippen LogP contribution in [-0.4, -0.2) is 22.4 Å². The summed E-state index contributed by atoms with van der Waals surface area (Å²) < 4.78 is 14.1. The Labute approximate surface area is 116 Å². The van der Waals surface area contributed by atoms with Gasteiger partial charge in [0.2, 0.25) is 0 Å². The summed E-state index contributed by atoms with van der Waals surface area (Å²) in [6.45, 7) is 4.21. The second kappa shape index (κ2) is 6.10. The van der Waals surface area contributed by atoms with Crippen LogP contribution in [0.3, 0.4) is 0 Å². The highest BCUT2D eigenvalue weighted by Gasteiger charge is 2.16. The summed E-state index contributed by atoms with van der Waals surface area (Å²) in [6, 6.07) is 3.10. The minimum Gasteiger partial charge on any atom is -0.368 e. The van der Waals surface area contributed by atoms with Gasteiger partial charge in [0.1, 0.15) is 0 Å². The molecular formula is C14H15FN4O. The van der Waals surface area contributed by atoms with E-state index in [1.165, 1.54) is 18.5 Å². The summed E-state index contributed by atoms with van der Waals surface area (Å²) in [4.78, 5) is 19.9. The predicted octanol–water partition coefficient (Wildman–Crippen LogP) is 2.61. The lowest BCUT2D eigenvalue weighted by Crippen LogP contribution is -2.16. The number of amides is 1. The first-order valence-corrected chi connectivity index (χ1v) is 6.23. The van der Waals surface area contributed by atoms with Gasteiger partial charge in [-0.1, -0.05) is 0 Å². The lowest BCUT2D eigenvalue weighted by Gasteiger charge is -2.09. The number of nitrogens with zero attached hydrogens (tertiary/aromatic N) is 2. The van der Waals surface area contributed by atoms with E-state index in [0.717, 1.165) is 5.56 Å². The van der Waals surface area contributed by atoms with Crippen LogP contribution >= 0.6 is 0 Å². The molecule has 0 bridgehead atoms. The van der Waals surface area contributed by atoms with Gasteiger partial charge in [-0.2, -0.15) is 0 Å². The number of carbonyl (C=O) groups is 1. The molecule has 2 rings (SSSR count). The van der Waals surface area contributed by atoms with E-state index in [-0.39, 0.29) is 11.4 Å². The third kappa shape index (κ3) is 3.09. The van der Waals surface area contributed by atoms with Gasteiger partial charge in [-0.3, -0.25) is 9.78 Å². The average Bonchev–Trinajstić information content (AvgIpc) is 2.41. The van der Waals surface area contributed by atoms with Crippen molar-refractivity contribution < 1.29 is 9.18 Å². The lowest BCUT2D eigenvalue weighted by molar-refractivity contribution is 0.102. The molecule has 20 heavy (non-hydrogen) atoms. The van der Waals surface area contributed by atoms with Crippen molar-refractivity contribution in [3.05, 3.63) is 47.7 Å². The maximum atomic E-state index is 14.1. The van der Waals surface area contributed by atoms with Crippen molar-refractivity contribution in [2.24, 2.45) is 0 Å². The third-order valence-electron chi connectivity index (χ3n) is 2.61. The Morgan fingerprint density at radius 3 is 2.90 bits per heavy atom. The molecule has 0 saturated heterocycles. The van der Waals surface area contributed by atoms with Crippen molar-refractivity contribution >= 4 is 17.4 Å². The van der Waals surface area contributed by atoms with E-state index >= 15 is 0 Å².